The smallest absolute Gasteiger partial charge is 0.159 e. The van der Waals surface area contributed by atoms with Gasteiger partial charge in [-0.3, -0.25) is 0 Å². The molecule has 35 heavy (non-hydrogen) atoms. The van der Waals surface area contributed by atoms with Crippen molar-refractivity contribution >= 4 is 45.3 Å². The first kappa shape index (κ1) is 22.4. The number of nitrogens with zero attached hydrogens (tertiary/aromatic N) is 3. The maximum Gasteiger partial charge on any atom is 0.159 e. The molecule has 0 aliphatic heterocycles. The van der Waals surface area contributed by atoms with Crippen molar-refractivity contribution in [1.29, 1.82) is 0 Å². The lowest BCUT2D eigenvalue weighted by Crippen LogP contribution is -2.00. The Labute approximate surface area is 205 Å². The first-order valence-corrected chi connectivity index (χ1v) is 11.8. The van der Waals surface area contributed by atoms with Gasteiger partial charge in [0.2, 0.25) is 0 Å². The van der Waals surface area contributed by atoms with Gasteiger partial charge in [0.25, 0.3) is 0 Å². The molecule has 0 atom stereocenters. The summed E-state index contributed by atoms with van der Waals surface area (Å²) in [6.45, 7) is 12.0. The molecule has 0 radical (unpaired) electrons. The van der Waals surface area contributed by atoms with Gasteiger partial charge in [-0.2, -0.15) is 0 Å². The Kier molecular flexibility index (Phi) is 6.02. The fourth-order valence-corrected chi connectivity index (χ4v) is 4.41. The summed E-state index contributed by atoms with van der Waals surface area (Å²) in [5.41, 5.74) is 7.04. The number of hydrogen-bond donors (Lipinski definition) is 1. The van der Waals surface area contributed by atoms with Crippen LogP contribution >= 0.6 is 0 Å². The van der Waals surface area contributed by atoms with Crippen LogP contribution in [0.1, 0.15) is 25.8 Å². The normalized spacial score (nSPS) is 12.9. The molecule has 4 nitrogen and oxygen atoms in total. The van der Waals surface area contributed by atoms with Crippen LogP contribution in [0.2, 0.25) is 0 Å². The Morgan fingerprint density at radius 3 is 2.69 bits per heavy atom. The number of hydrogen-bond acceptors (Lipinski definition) is 1. The van der Waals surface area contributed by atoms with Gasteiger partial charge in [0.1, 0.15) is 0 Å². The summed E-state index contributed by atoms with van der Waals surface area (Å²) in [7, 11) is 0. The number of aromatic amines is 1. The van der Waals surface area contributed by atoms with Crippen LogP contribution in [0.5, 0.6) is 0 Å². The lowest BCUT2D eigenvalue weighted by molar-refractivity contribution is 1.13. The first-order chi connectivity index (χ1) is 17.1. The minimum atomic E-state index is 0.554. The highest BCUT2D eigenvalue weighted by atomic mass is 15.0. The summed E-state index contributed by atoms with van der Waals surface area (Å²) in [5.74, 6) is 0.554. The van der Waals surface area contributed by atoms with Crippen molar-refractivity contribution in [2.24, 2.45) is 9.98 Å². The number of nitrogens with one attached hydrogen (secondary N) is 1. The van der Waals surface area contributed by atoms with Crippen LogP contribution in [0, 0.1) is 0 Å². The number of para-hydroxylation sites is 1. The second kappa shape index (κ2) is 9.43. The van der Waals surface area contributed by atoms with Gasteiger partial charge in [0, 0.05) is 39.1 Å². The summed E-state index contributed by atoms with van der Waals surface area (Å²) >= 11 is 0. The number of rotatable bonds is 6. The van der Waals surface area contributed by atoms with Crippen LogP contribution in [-0.4, -0.2) is 22.1 Å². The minimum absolute atomic E-state index is 0.554. The third kappa shape index (κ3) is 4.15. The van der Waals surface area contributed by atoms with E-state index in [9.17, 15) is 0 Å². The van der Waals surface area contributed by atoms with E-state index in [1.807, 2.05) is 31.2 Å². The third-order valence-electron chi connectivity index (χ3n) is 6.30. The van der Waals surface area contributed by atoms with Gasteiger partial charge < -0.3 is 9.55 Å². The van der Waals surface area contributed by atoms with Gasteiger partial charge in [-0.15, -0.1) is 0 Å². The SMILES string of the molecule is C=NC(=NC(=C)/C(C)=C/C=C\CC)c1cccc(-n2ccc3c4[nH]c5ccccc5c4ccc32)c1. The minimum Gasteiger partial charge on any atom is -0.354 e. The number of allylic oxidation sites excluding steroid dienone is 4. The number of aromatic nitrogens is 2. The molecule has 0 aliphatic carbocycles. The van der Waals surface area contributed by atoms with Crippen molar-refractivity contribution in [3.8, 4) is 5.69 Å². The molecule has 0 saturated carbocycles. The standard InChI is InChI=1S/C31H28N4/c1-5-6-7-11-21(2)22(3)33-31(32-4)23-12-10-13-24(20-23)35-19-18-27-29(35)17-16-26-25-14-8-9-15-28(25)34-30(26)27/h6-20,34H,3-5H2,1-2H3/b7-6-,21-11+,33-31?. The van der Waals surface area contributed by atoms with Crippen LogP contribution < -0.4 is 0 Å². The van der Waals surface area contributed by atoms with E-state index < -0.39 is 0 Å². The van der Waals surface area contributed by atoms with Crippen molar-refractivity contribution < 1.29 is 0 Å². The number of amidine groups is 1. The molecule has 2 aromatic heterocycles. The van der Waals surface area contributed by atoms with E-state index in [-0.39, 0.29) is 0 Å². The second-order valence-electron chi connectivity index (χ2n) is 8.55. The molecule has 0 unspecified atom stereocenters. The van der Waals surface area contributed by atoms with Crippen LogP contribution in [0.15, 0.2) is 119 Å². The number of aliphatic imine (C=N–C) groups is 2. The topological polar surface area (TPSA) is 45.4 Å². The summed E-state index contributed by atoms with van der Waals surface area (Å²) in [5, 5.41) is 3.67. The summed E-state index contributed by atoms with van der Waals surface area (Å²) < 4.78 is 2.19. The maximum absolute atomic E-state index is 4.67. The molecule has 172 valence electrons. The van der Waals surface area contributed by atoms with E-state index in [0.717, 1.165) is 39.8 Å². The van der Waals surface area contributed by atoms with E-state index in [2.05, 4.69) is 107 Å². The van der Waals surface area contributed by atoms with E-state index in [1.54, 1.807) is 0 Å². The van der Waals surface area contributed by atoms with Crippen LogP contribution in [0.3, 0.4) is 0 Å². The fourth-order valence-electron chi connectivity index (χ4n) is 4.41. The summed E-state index contributed by atoms with van der Waals surface area (Å²) in [6.07, 6.45) is 9.24. The zero-order valence-electron chi connectivity index (χ0n) is 20.1. The third-order valence-corrected chi connectivity index (χ3v) is 6.30. The fraction of sp³-hybridized carbons (Fsp3) is 0.0968. The van der Waals surface area contributed by atoms with Gasteiger partial charge in [-0.05, 0) is 56.0 Å². The van der Waals surface area contributed by atoms with Crippen molar-refractivity contribution in [3.63, 3.8) is 0 Å². The van der Waals surface area contributed by atoms with Gasteiger partial charge >= 0.3 is 0 Å². The molecule has 0 amide bonds. The number of fused-ring (bicyclic) bond motifs is 5. The Morgan fingerprint density at radius 2 is 1.86 bits per heavy atom. The molecule has 0 bridgehead atoms. The Bertz CT molecular complexity index is 1670. The summed E-state index contributed by atoms with van der Waals surface area (Å²) in [6, 6.07) is 23.2. The molecule has 5 aromatic rings. The van der Waals surface area contributed by atoms with Gasteiger partial charge in [-0.25, -0.2) is 9.98 Å². The van der Waals surface area contributed by atoms with Crippen molar-refractivity contribution in [3.05, 3.63) is 115 Å². The predicted molar refractivity (Wildman–Crippen MR) is 151 cm³/mol. The molecular formula is C31H28N4. The summed E-state index contributed by atoms with van der Waals surface area (Å²) in [4.78, 5) is 12.5. The molecule has 3 aromatic carbocycles. The number of H-pyrrole nitrogens is 1. The zero-order valence-corrected chi connectivity index (χ0v) is 20.1. The molecule has 5 rings (SSSR count). The monoisotopic (exact) mass is 456 g/mol. The second-order valence-corrected chi connectivity index (χ2v) is 8.55. The molecule has 0 fully saturated rings. The molecule has 0 aliphatic rings. The largest absolute Gasteiger partial charge is 0.354 e. The zero-order chi connectivity index (χ0) is 24.4. The van der Waals surface area contributed by atoms with Crippen LogP contribution in [-0.2, 0) is 0 Å². The lowest BCUT2D eigenvalue weighted by Gasteiger charge is -2.09. The molecule has 4 heteroatoms. The van der Waals surface area contributed by atoms with E-state index in [0.29, 0.717) is 11.5 Å². The Morgan fingerprint density at radius 1 is 1.00 bits per heavy atom. The molecule has 2 heterocycles. The molecule has 0 spiro atoms. The van der Waals surface area contributed by atoms with Crippen molar-refractivity contribution in [1.82, 2.24) is 9.55 Å². The molecule has 1 N–H and O–H groups in total. The van der Waals surface area contributed by atoms with Gasteiger partial charge in [-0.1, -0.05) is 68.1 Å². The van der Waals surface area contributed by atoms with Crippen molar-refractivity contribution in [2.75, 3.05) is 0 Å². The van der Waals surface area contributed by atoms with Crippen LogP contribution in [0.4, 0.5) is 0 Å². The molecular weight excluding hydrogens is 428 g/mol. The van der Waals surface area contributed by atoms with Crippen molar-refractivity contribution in [2.45, 2.75) is 20.3 Å². The predicted octanol–water partition coefficient (Wildman–Crippen LogP) is 8.14. The highest BCUT2D eigenvalue weighted by molar-refractivity contribution is 6.16. The average molecular weight is 457 g/mol. The highest BCUT2D eigenvalue weighted by Gasteiger charge is 2.12. The van der Waals surface area contributed by atoms with E-state index in [1.165, 1.54) is 16.2 Å². The Balaban J connectivity index is 1.55. The number of benzene rings is 3. The quantitative estimate of drug-likeness (QED) is 0.152. The Hall–Kier alpha value is -4.44. The van der Waals surface area contributed by atoms with Gasteiger partial charge in [0.15, 0.2) is 5.84 Å². The maximum atomic E-state index is 4.67. The average Bonchev–Trinajstić information content (AvgIpc) is 3.49. The first-order valence-electron chi connectivity index (χ1n) is 11.8. The van der Waals surface area contributed by atoms with E-state index >= 15 is 0 Å². The van der Waals surface area contributed by atoms with Gasteiger partial charge in [0.05, 0.1) is 16.7 Å². The lowest BCUT2D eigenvalue weighted by atomic mass is 10.1. The van der Waals surface area contributed by atoms with Crippen LogP contribution in [0.25, 0.3) is 38.4 Å². The molecule has 0 saturated heterocycles. The highest BCUT2D eigenvalue weighted by Crippen LogP contribution is 2.32. The van der Waals surface area contributed by atoms with E-state index in [4.69, 9.17) is 0 Å².